The minimum absolute atomic E-state index is 0.326. The van der Waals surface area contributed by atoms with E-state index < -0.39 is 0 Å². The summed E-state index contributed by atoms with van der Waals surface area (Å²) in [7, 11) is 0. The minimum Gasteiger partial charge on any atom is -0.198 e. The van der Waals surface area contributed by atoms with Gasteiger partial charge < -0.3 is 0 Å². The molecule has 0 amide bonds. The van der Waals surface area contributed by atoms with Crippen LogP contribution in [0.1, 0.15) is 28.7 Å². The van der Waals surface area contributed by atoms with Crippen molar-refractivity contribution in [1.82, 2.24) is 0 Å². The third-order valence-corrected chi connectivity index (χ3v) is 4.85. The van der Waals surface area contributed by atoms with Gasteiger partial charge >= 0.3 is 0 Å². The Hall–Kier alpha value is -1.78. The average molecular weight is 296 g/mol. The molecule has 2 heteroatoms. The van der Waals surface area contributed by atoms with Gasteiger partial charge in [0.05, 0.1) is 11.5 Å². The van der Waals surface area contributed by atoms with E-state index in [1.54, 1.807) is 0 Å². The monoisotopic (exact) mass is 295 g/mol. The van der Waals surface area contributed by atoms with Crippen molar-refractivity contribution >= 4 is 11.6 Å². The van der Waals surface area contributed by atoms with Crippen molar-refractivity contribution in [3.8, 4) is 6.07 Å². The fourth-order valence-corrected chi connectivity index (χ4v) is 3.55. The Morgan fingerprint density at radius 3 is 2.67 bits per heavy atom. The van der Waals surface area contributed by atoms with Crippen LogP contribution in [-0.4, -0.2) is 0 Å². The number of rotatable bonds is 2. The van der Waals surface area contributed by atoms with Crippen molar-refractivity contribution in [2.24, 2.45) is 5.41 Å². The maximum atomic E-state index is 9.78. The number of nitriles is 1. The van der Waals surface area contributed by atoms with Crippen LogP contribution in [-0.2, 0) is 19.3 Å². The lowest BCUT2D eigenvalue weighted by Crippen LogP contribution is -2.29. The first-order chi connectivity index (χ1) is 10.1. The van der Waals surface area contributed by atoms with E-state index in [0.29, 0.717) is 0 Å². The van der Waals surface area contributed by atoms with Crippen molar-refractivity contribution < 1.29 is 0 Å². The Bertz CT molecular complexity index is 714. The second kappa shape index (κ2) is 5.54. The Morgan fingerprint density at radius 2 is 1.95 bits per heavy atom. The number of benzene rings is 2. The molecule has 1 aliphatic carbocycles. The fourth-order valence-electron chi connectivity index (χ4n) is 3.25. The molecule has 3 rings (SSSR count). The molecule has 0 radical (unpaired) electrons. The van der Waals surface area contributed by atoms with Gasteiger partial charge in [-0.15, -0.1) is 0 Å². The summed E-state index contributed by atoms with van der Waals surface area (Å²) in [6, 6.07) is 17.2. The summed E-state index contributed by atoms with van der Waals surface area (Å²) in [5.74, 6) is 0. The van der Waals surface area contributed by atoms with Gasteiger partial charge in [-0.25, -0.2) is 0 Å². The van der Waals surface area contributed by atoms with Gasteiger partial charge in [0, 0.05) is 5.02 Å². The number of hydrogen-bond donors (Lipinski definition) is 0. The van der Waals surface area contributed by atoms with Crippen molar-refractivity contribution in [3.05, 3.63) is 69.7 Å². The van der Waals surface area contributed by atoms with Gasteiger partial charge in [0.15, 0.2) is 0 Å². The van der Waals surface area contributed by atoms with Crippen molar-refractivity contribution in [2.75, 3.05) is 0 Å². The van der Waals surface area contributed by atoms with E-state index in [-0.39, 0.29) is 5.41 Å². The fraction of sp³-hybridized carbons (Fsp3) is 0.316. The zero-order valence-electron chi connectivity index (χ0n) is 12.2. The van der Waals surface area contributed by atoms with Crippen molar-refractivity contribution in [2.45, 2.75) is 32.6 Å². The third kappa shape index (κ3) is 2.82. The van der Waals surface area contributed by atoms with Crippen molar-refractivity contribution in [3.63, 3.8) is 0 Å². The molecule has 1 atom stereocenters. The quantitative estimate of drug-likeness (QED) is 0.774. The number of hydrogen-bond acceptors (Lipinski definition) is 1. The van der Waals surface area contributed by atoms with Gasteiger partial charge in [0.25, 0.3) is 0 Å². The molecule has 0 saturated heterocycles. The zero-order chi connectivity index (χ0) is 14.9. The lowest BCUT2D eigenvalue weighted by Gasteiger charge is -2.32. The predicted molar refractivity (Wildman–Crippen MR) is 86.4 cm³/mol. The first kappa shape index (κ1) is 14.2. The van der Waals surface area contributed by atoms with Crippen LogP contribution in [0.3, 0.4) is 0 Å². The summed E-state index contributed by atoms with van der Waals surface area (Å²) in [6.07, 6.45) is 3.44. The van der Waals surface area contributed by atoms with Gasteiger partial charge in [0.1, 0.15) is 0 Å². The average Bonchev–Trinajstić information content (AvgIpc) is 2.50. The normalized spacial score (nSPS) is 20.6. The van der Waals surface area contributed by atoms with Gasteiger partial charge in [-0.2, -0.15) is 5.26 Å². The predicted octanol–water partition coefficient (Wildman–Crippen LogP) is 4.89. The highest BCUT2D eigenvalue weighted by Gasteiger charge is 2.35. The molecule has 0 heterocycles. The van der Waals surface area contributed by atoms with Crippen LogP contribution < -0.4 is 0 Å². The van der Waals surface area contributed by atoms with E-state index in [9.17, 15) is 5.26 Å². The Morgan fingerprint density at radius 1 is 1.19 bits per heavy atom. The van der Waals surface area contributed by atoms with E-state index in [4.69, 9.17) is 11.6 Å². The maximum absolute atomic E-state index is 9.78. The topological polar surface area (TPSA) is 23.8 Å². The van der Waals surface area contributed by atoms with E-state index >= 15 is 0 Å². The Balaban J connectivity index is 1.91. The smallest absolute Gasteiger partial charge is 0.0696 e. The number of fused-ring (bicyclic) bond motifs is 1. The summed E-state index contributed by atoms with van der Waals surface area (Å²) in [5.41, 5.74) is 4.62. The molecule has 2 aromatic carbocycles. The Labute approximate surface area is 131 Å². The lowest BCUT2D eigenvalue weighted by atomic mass is 9.69. The molecule has 1 unspecified atom stereocenters. The molecule has 0 aliphatic heterocycles. The van der Waals surface area contributed by atoms with E-state index in [1.807, 2.05) is 13.0 Å². The summed E-state index contributed by atoms with van der Waals surface area (Å²) in [5, 5.41) is 10.6. The third-order valence-electron chi connectivity index (χ3n) is 4.49. The second-order valence-corrected chi connectivity index (χ2v) is 6.52. The summed E-state index contributed by atoms with van der Waals surface area (Å²) in [4.78, 5) is 0. The minimum atomic E-state index is -0.326. The zero-order valence-corrected chi connectivity index (χ0v) is 13.0. The van der Waals surface area contributed by atoms with Crippen LogP contribution in [0.15, 0.2) is 42.5 Å². The first-order valence-electron chi connectivity index (χ1n) is 7.35. The highest BCUT2D eigenvalue weighted by molar-refractivity contribution is 6.31. The van der Waals surface area contributed by atoms with Gasteiger partial charge in [-0.3, -0.25) is 0 Å². The highest BCUT2D eigenvalue weighted by atomic mass is 35.5. The molecular weight excluding hydrogens is 278 g/mol. The molecule has 0 fully saturated rings. The van der Waals surface area contributed by atoms with E-state index in [1.165, 1.54) is 11.1 Å². The molecule has 0 aromatic heterocycles. The number of nitrogens with zero attached hydrogens (tertiary/aromatic N) is 1. The van der Waals surface area contributed by atoms with Gasteiger partial charge in [-0.05, 0) is 60.9 Å². The van der Waals surface area contributed by atoms with E-state index in [2.05, 4.69) is 42.5 Å². The van der Waals surface area contributed by atoms with Crippen LogP contribution in [0.5, 0.6) is 0 Å². The second-order valence-electron chi connectivity index (χ2n) is 6.11. The first-order valence-corrected chi connectivity index (χ1v) is 7.73. The SMILES string of the molecule is Cc1ccc(CC2(C#N)CCc3ccccc3C2)c(Cl)c1. The Kier molecular flexibility index (Phi) is 3.74. The van der Waals surface area contributed by atoms with Crippen molar-refractivity contribution in [1.29, 1.82) is 5.26 Å². The molecule has 0 spiro atoms. The summed E-state index contributed by atoms with van der Waals surface area (Å²) in [6.45, 7) is 2.03. The van der Waals surface area contributed by atoms with Crippen LogP contribution in [0.4, 0.5) is 0 Å². The molecule has 1 aliphatic rings. The molecule has 0 saturated carbocycles. The number of aryl methyl sites for hydroxylation is 2. The molecule has 1 nitrogen and oxygen atoms in total. The molecule has 2 aromatic rings. The highest BCUT2D eigenvalue weighted by Crippen LogP contribution is 2.39. The molecule has 21 heavy (non-hydrogen) atoms. The lowest BCUT2D eigenvalue weighted by molar-refractivity contribution is 0.339. The molecule has 0 N–H and O–H groups in total. The number of halogens is 1. The van der Waals surface area contributed by atoms with Crippen LogP contribution in [0.25, 0.3) is 0 Å². The molecular formula is C19H18ClN. The van der Waals surface area contributed by atoms with Crippen LogP contribution >= 0.6 is 11.6 Å². The summed E-state index contributed by atoms with van der Waals surface area (Å²) < 4.78 is 0. The van der Waals surface area contributed by atoms with Crippen LogP contribution in [0, 0.1) is 23.7 Å². The summed E-state index contributed by atoms with van der Waals surface area (Å²) >= 11 is 6.36. The van der Waals surface area contributed by atoms with Gasteiger partial charge in [0.2, 0.25) is 0 Å². The van der Waals surface area contributed by atoms with Gasteiger partial charge in [-0.1, -0.05) is 48.0 Å². The molecule has 106 valence electrons. The van der Waals surface area contributed by atoms with E-state index in [0.717, 1.165) is 41.8 Å². The molecule has 0 bridgehead atoms. The standard InChI is InChI=1S/C19H18ClN/c1-14-6-7-17(18(20)10-14)12-19(13-21)9-8-15-4-2-3-5-16(15)11-19/h2-7,10H,8-9,11-12H2,1H3. The largest absolute Gasteiger partial charge is 0.198 e. The van der Waals surface area contributed by atoms with Crippen LogP contribution in [0.2, 0.25) is 5.02 Å². The maximum Gasteiger partial charge on any atom is 0.0696 e.